The van der Waals surface area contributed by atoms with Crippen LogP contribution in [-0.4, -0.2) is 49.7 Å². The molecular weight excluding hydrogens is 392 g/mol. The van der Waals surface area contributed by atoms with Crippen molar-refractivity contribution in [1.29, 1.82) is 0 Å². The number of aliphatic imine (C=N–C) groups is 1. The van der Waals surface area contributed by atoms with Crippen molar-refractivity contribution >= 4 is 31.6 Å². The lowest BCUT2D eigenvalue weighted by Gasteiger charge is -2.02. The molecule has 0 aliphatic heterocycles. The number of para-hydroxylation sites is 1. The Morgan fingerprint density at radius 2 is 1.59 bits per heavy atom. The Morgan fingerprint density at radius 3 is 2.22 bits per heavy atom. The van der Waals surface area contributed by atoms with Crippen molar-refractivity contribution in [3.05, 3.63) is 54.8 Å². The Hall–Kier alpha value is -2.01. The summed E-state index contributed by atoms with van der Waals surface area (Å²) in [4.78, 5) is 4.23. The van der Waals surface area contributed by atoms with Gasteiger partial charge in [-0.05, 0) is 43.5 Å². The number of rotatable bonds is 12. The van der Waals surface area contributed by atoms with Crippen molar-refractivity contribution in [2.75, 3.05) is 23.4 Å². The second-order valence-corrected chi connectivity index (χ2v) is 8.77. The van der Waals surface area contributed by atoms with Crippen LogP contribution >= 0.6 is 0 Å². The molecule has 1 rings (SSSR count). The average Bonchev–Trinajstić information content (AvgIpc) is 2.56. The van der Waals surface area contributed by atoms with Gasteiger partial charge in [0.2, 0.25) is 0 Å². The van der Waals surface area contributed by atoms with Crippen molar-refractivity contribution < 1.29 is 25.9 Å². The zero-order chi connectivity index (χ0) is 20.2. The van der Waals surface area contributed by atoms with Crippen molar-refractivity contribution in [2.45, 2.75) is 19.3 Å². The predicted octanol–water partition coefficient (Wildman–Crippen LogP) is 2.56. The molecule has 0 aliphatic rings. The van der Waals surface area contributed by atoms with Crippen LogP contribution in [-0.2, 0) is 20.2 Å². The van der Waals surface area contributed by atoms with E-state index < -0.39 is 20.2 Å². The van der Waals surface area contributed by atoms with Gasteiger partial charge in [0.15, 0.2) is 0 Å². The lowest BCUT2D eigenvalue weighted by atomic mass is 10.2. The highest BCUT2D eigenvalue weighted by atomic mass is 32.2. The van der Waals surface area contributed by atoms with E-state index >= 15 is 0 Å². The fraction of sp³-hybridized carbons (Fsp3) is 0.353. The summed E-state index contributed by atoms with van der Waals surface area (Å²) in [6.07, 6.45) is 7.50. The number of allylic oxidation sites excluding steroid dienone is 3. The Labute approximate surface area is 160 Å². The molecule has 0 atom stereocenters. The van der Waals surface area contributed by atoms with E-state index in [-0.39, 0.29) is 30.9 Å². The quantitative estimate of drug-likeness (QED) is 0.206. The van der Waals surface area contributed by atoms with Crippen LogP contribution in [0.2, 0.25) is 0 Å². The fourth-order valence-corrected chi connectivity index (χ4v) is 3.02. The second-order valence-electron chi connectivity index (χ2n) is 5.63. The fourth-order valence-electron chi connectivity index (χ4n) is 2.02. The Bertz CT molecular complexity index is 860. The van der Waals surface area contributed by atoms with Gasteiger partial charge in [0, 0.05) is 24.1 Å². The van der Waals surface area contributed by atoms with E-state index in [0.29, 0.717) is 12.1 Å². The summed E-state index contributed by atoms with van der Waals surface area (Å²) >= 11 is 0. The van der Waals surface area contributed by atoms with Crippen LogP contribution in [0.3, 0.4) is 0 Å². The maximum absolute atomic E-state index is 10.8. The van der Waals surface area contributed by atoms with E-state index in [1.807, 2.05) is 30.3 Å². The summed E-state index contributed by atoms with van der Waals surface area (Å²) in [7, 11) is -8.07. The van der Waals surface area contributed by atoms with Crippen molar-refractivity contribution in [3.63, 3.8) is 0 Å². The van der Waals surface area contributed by atoms with Crippen LogP contribution in [0, 0.1) is 0 Å². The van der Waals surface area contributed by atoms with Crippen molar-refractivity contribution in [1.82, 2.24) is 0 Å². The first-order valence-corrected chi connectivity index (χ1v) is 11.5. The number of anilines is 1. The summed E-state index contributed by atoms with van der Waals surface area (Å²) < 4.78 is 60.5. The summed E-state index contributed by atoms with van der Waals surface area (Å²) in [5.41, 5.74) is 1.49. The molecule has 0 fully saturated rings. The maximum atomic E-state index is 10.8. The first kappa shape index (κ1) is 23.0. The zero-order valence-corrected chi connectivity index (χ0v) is 16.4. The molecular formula is C17H24N2O6S2. The van der Waals surface area contributed by atoms with E-state index in [1.54, 1.807) is 24.4 Å². The standard InChI is InChI=1S/C17H24N2O6S2/c20-26(21,22)14-6-11-17(19-13-7-15-27(23,24)25)10-4-5-12-18-16-8-2-1-3-9-16/h1-5,8-10,12,18H,6-7,11,13-15H2,(H,20,21,22)(H,23,24,25)/b10-4+,12-5+,19-17+. The van der Waals surface area contributed by atoms with E-state index in [4.69, 9.17) is 9.11 Å². The highest BCUT2D eigenvalue weighted by molar-refractivity contribution is 7.86. The van der Waals surface area contributed by atoms with Gasteiger partial charge >= 0.3 is 0 Å². The maximum Gasteiger partial charge on any atom is 0.264 e. The molecule has 0 saturated carbocycles. The Morgan fingerprint density at radius 1 is 0.963 bits per heavy atom. The van der Waals surface area contributed by atoms with Crippen LogP contribution in [0.4, 0.5) is 5.69 Å². The smallest absolute Gasteiger partial charge is 0.264 e. The largest absolute Gasteiger partial charge is 0.362 e. The third-order valence-corrected chi connectivity index (χ3v) is 4.84. The van der Waals surface area contributed by atoms with Gasteiger partial charge in [-0.25, -0.2) is 0 Å². The minimum Gasteiger partial charge on any atom is -0.362 e. The van der Waals surface area contributed by atoms with E-state index in [9.17, 15) is 16.8 Å². The average molecular weight is 417 g/mol. The molecule has 0 aliphatic carbocycles. The number of hydrogen-bond acceptors (Lipinski definition) is 6. The zero-order valence-electron chi connectivity index (χ0n) is 14.7. The first-order chi connectivity index (χ1) is 12.7. The predicted molar refractivity (Wildman–Crippen MR) is 107 cm³/mol. The molecule has 0 spiro atoms. The number of benzene rings is 1. The van der Waals surface area contributed by atoms with Gasteiger partial charge in [-0.2, -0.15) is 16.8 Å². The first-order valence-electron chi connectivity index (χ1n) is 8.24. The summed E-state index contributed by atoms with van der Waals surface area (Å²) in [5.74, 6) is -0.768. The topological polar surface area (TPSA) is 133 Å². The lowest BCUT2D eigenvalue weighted by Crippen LogP contribution is -2.08. The summed E-state index contributed by atoms with van der Waals surface area (Å²) in [5, 5.41) is 3.07. The van der Waals surface area contributed by atoms with Gasteiger partial charge in [-0.15, -0.1) is 0 Å². The van der Waals surface area contributed by atoms with Gasteiger partial charge in [-0.3, -0.25) is 14.1 Å². The number of nitrogens with one attached hydrogen (secondary N) is 1. The summed E-state index contributed by atoms with van der Waals surface area (Å²) in [6, 6.07) is 9.53. The monoisotopic (exact) mass is 416 g/mol. The highest BCUT2D eigenvalue weighted by Crippen LogP contribution is 2.04. The minimum absolute atomic E-state index is 0.153. The van der Waals surface area contributed by atoms with Gasteiger partial charge in [0.05, 0.1) is 11.5 Å². The third-order valence-electron chi connectivity index (χ3n) is 3.23. The summed E-state index contributed by atoms with van der Waals surface area (Å²) in [6.45, 7) is 0.178. The van der Waals surface area contributed by atoms with Crippen LogP contribution in [0.15, 0.2) is 59.8 Å². The molecule has 8 nitrogen and oxygen atoms in total. The van der Waals surface area contributed by atoms with Crippen molar-refractivity contribution in [3.8, 4) is 0 Å². The van der Waals surface area contributed by atoms with Crippen LogP contribution in [0.25, 0.3) is 0 Å². The molecule has 150 valence electrons. The molecule has 0 aromatic heterocycles. The molecule has 0 saturated heterocycles. The minimum atomic E-state index is -4.04. The second kappa shape index (κ2) is 11.7. The number of hydrogen-bond donors (Lipinski definition) is 3. The van der Waals surface area contributed by atoms with E-state index in [2.05, 4.69) is 10.3 Å². The van der Waals surface area contributed by atoms with Crippen LogP contribution in [0.1, 0.15) is 19.3 Å². The Balaban J connectivity index is 2.59. The molecule has 27 heavy (non-hydrogen) atoms. The molecule has 0 bridgehead atoms. The molecule has 3 N–H and O–H groups in total. The molecule has 10 heteroatoms. The molecule has 1 aromatic carbocycles. The number of nitrogens with zero attached hydrogens (tertiary/aromatic N) is 1. The van der Waals surface area contributed by atoms with Gasteiger partial charge in [0.1, 0.15) is 0 Å². The third kappa shape index (κ3) is 13.8. The van der Waals surface area contributed by atoms with Gasteiger partial charge in [0.25, 0.3) is 20.2 Å². The van der Waals surface area contributed by atoms with Crippen LogP contribution < -0.4 is 5.32 Å². The normalized spacial score (nSPS) is 13.5. The molecule has 0 unspecified atom stereocenters. The van der Waals surface area contributed by atoms with Gasteiger partial charge < -0.3 is 5.32 Å². The SMILES string of the molecule is O=S(=O)(O)CCC\N=C(/C=C/C=C/Nc1ccccc1)CCCS(=O)(=O)O. The van der Waals surface area contributed by atoms with Crippen LogP contribution in [0.5, 0.6) is 0 Å². The van der Waals surface area contributed by atoms with Crippen molar-refractivity contribution in [2.24, 2.45) is 4.99 Å². The molecule has 0 heterocycles. The van der Waals surface area contributed by atoms with Gasteiger partial charge in [-0.1, -0.05) is 24.3 Å². The van der Waals surface area contributed by atoms with E-state index in [0.717, 1.165) is 5.69 Å². The molecule has 1 aromatic rings. The Kier molecular flexibility index (Phi) is 9.94. The van der Waals surface area contributed by atoms with E-state index in [1.165, 1.54) is 0 Å². The highest BCUT2D eigenvalue weighted by Gasteiger charge is 2.06. The molecule has 0 radical (unpaired) electrons. The molecule has 0 amide bonds. The lowest BCUT2D eigenvalue weighted by molar-refractivity contribution is 0.479.